The number of rotatable bonds is 43. The molecule has 11 atom stereocenters. The monoisotopic (exact) mass is 987 g/mol. The first-order valence-corrected chi connectivity index (χ1v) is 27.4. The molecular formula is C54H98O15. The van der Waals surface area contributed by atoms with Crippen LogP contribution in [0.15, 0.2) is 24.3 Å². The fourth-order valence-corrected chi connectivity index (χ4v) is 8.66. The van der Waals surface area contributed by atoms with Gasteiger partial charge in [0.2, 0.25) is 0 Å². The van der Waals surface area contributed by atoms with Crippen molar-refractivity contribution in [3.8, 4) is 0 Å². The van der Waals surface area contributed by atoms with Gasteiger partial charge in [0.25, 0.3) is 0 Å². The molecule has 0 aliphatic carbocycles. The van der Waals surface area contributed by atoms with Crippen LogP contribution in [-0.4, -0.2) is 142 Å². The number of carbonyl (C=O) groups excluding carboxylic acids is 2. The van der Waals surface area contributed by atoms with Crippen LogP contribution in [0.4, 0.5) is 0 Å². The summed E-state index contributed by atoms with van der Waals surface area (Å²) in [6, 6.07) is 0. The molecule has 7 N–H and O–H groups in total. The molecule has 0 spiro atoms. The van der Waals surface area contributed by atoms with Crippen molar-refractivity contribution in [1.29, 1.82) is 0 Å². The van der Waals surface area contributed by atoms with Crippen LogP contribution in [0.3, 0.4) is 0 Å². The van der Waals surface area contributed by atoms with Gasteiger partial charge in [0, 0.05) is 12.8 Å². The van der Waals surface area contributed by atoms with Gasteiger partial charge in [0.15, 0.2) is 18.7 Å². The van der Waals surface area contributed by atoms with Gasteiger partial charge in [0.1, 0.15) is 55.4 Å². The number of aliphatic hydroxyl groups is 7. The average Bonchev–Trinajstić information content (AvgIpc) is 3.34. The van der Waals surface area contributed by atoms with Crippen LogP contribution in [0, 0.1) is 0 Å². The zero-order valence-corrected chi connectivity index (χ0v) is 42.8. The molecule has 0 amide bonds. The molecule has 15 heteroatoms. The van der Waals surface area contributed by atoms with Crippen LogP contribution < -0.4 is 0 Å². The SMILES string of the molecule is CCCCC/C=C\C/C=C\CCCCCCCC(=O)OC(COC(=O)CCCCCCCCCCCCCCCCCCCC)COC1OC(COC2OC(CO)C(O)C(O)C2O)C(O)C(O)C1O. The van der Waals surface area contributed by atoms with E-state index >= 15 is 0 Å². The largest absolute Gasteiger partial charge is 0.462 e. The van der Waals surface area contributed by atoms with Gasteiger partial charge < -0.3 is 64.2 Å². The fourth-order valence-electron chi connectivity index (χ4n) is 8.66. The van der Waals surface area contributed by atoms with Crippen LogP contribution >= 0.6 is 0 Å². The first kappa shape index (κ1) is 63.1. The van der Waals surface area contributed by atoms with Gasteiger partial charge in [-0.3, -0.25) is 9.59 Å². The smallest absolute Gasteiger partial charge is 0.306 e. The predicted octanol–water partition coefficient (Wildman–Crippen LogP) is 8.33. The Labute approximate surface area is 415 Å². The van der Waals surface area contributed by atoms with Gasteiger partial charge in [-0.25, -0.2) is 0 Å². The minimum atomic E-state index is -1.77. The molecule has 0 radical (unpaired) electrons. The summed E-state index contributed by atoms with van der Waals surface area (Å²) in [5.41, 5.74) is 0. The van der Waals surface area contributed by atoms with E-state index < -0.39 is 92.7 Å². The standard InChI is InChI=1S/C54H98O15/c1-3-5-7-9-11-13-15-17-19-20-21-23-24-26-28-30-32-34-36-45(56)64-39-42(67-46(57)37-35-33-31-29-27-25-22-18-16-14-12-10-8-6-4-2)40-65-53-52(63)50(61)48(59)44(69-53)41-66-54-51(62)49(60)47(58)43(38-55)68-54/h12,14,18,22,42-44,47-55,58-63H,3-11,13,15-17,19-21,23-41H2,1-2H3/b14-12-,22-18-. The predicted molar refractivity (Wildman–Crippen MR) is 266 cm³/mol. The van der Waals surface area contributed by atoms with Crippen molar-refractivity contribution in [1.82, 2.24) is 0 Å². The van der Waals surface area contributed by atoms with E-state index in [9.17, 15) is 45.3 Å². The van der Waals surface area contributed by atoms with E-state index in [2.05, 4.69) is 38.2 Å². The highest BCUT2D eigenvalue weighted by atomic mass is 16.7. The third-order valence-corrected chi connectivity index (χ3v) is 13.2. The van der Waals surface area contributed by atoms with Crippen molar-refractivity contribution >= 4 is 11.9 Å². The molecule has 0 saturated carbocycles. The number of carbonyl (C=O) groups is 2. The van der Waals surface area contributed by atoms with E-state index in [0.717, 1.165) is 64.2 Å². The topological polar surface area (TPSA) is 231 Å². The summed E-state index contributed by atoms with van der Waals surface area (Å²) in [5, 5.41) is 72.1. The molecule has 0 aromatic carbocycles. The Hall–Kier alpha value is -2.02. The van der Waals surface area contributed by atoms with E-state index in [0.29, 0.717) is 12.8 Å². The number of aliphatic hydroxyl groups excluding tert-OH is 7. The lowest BCUT2D eigenvalue weighted by Gasteiger charge is -2.42. The zero-order valence-electron chi connectivity index (χ0n) is 42.8. The Kier molecular flexibility index (Phi) is 37.9. The lowest BCUT2D eigenvalue weighted by molar-refractivity contribution is -0.332. The van der Waals surface area contributed by atoms with Crippen LogP contribution in [0.5, 0.6) is 0 Å². The van der Waals surface area contributed by atoms with Crippen LogP contribution in [0.2, 0.25) is 0 Å². The second kappa shape index (κ2) is 41.5. The molecule has 2 aliphatic rings. The van der Waals surface area contributed by atoms with Crippen LogP contribution in [0.1, 0.15) is 213 Å². The maximum atomic E-state index is 13.0. The molecule has 2 rings (SSSR count). The molecule has 69 heavy (non-hydrogen) atoms. The summed E-state index contributed by atoms with van der Waals surface area (Å²) in [4.78, 5) is 25.8. The number of ether oxygens (including phenoxy) is 6. The van der Waals surface area contributed by atoms with E-state index in [1.807, 2.05) is 0 Å². The van der Waals surface area contributed by atoms with Gasteiger partial charge in [-0.1, -0.05) is 179 Å². The van der Waals surface area contributed by atoms with E-state index in [1.54, 1.807) is 0 Å². The third kappa shape index (κ3) is 29.3. The Balaban J connectivity index is 1.78. The molecule has 404 valence electrons. The molecule has 2 saturated heterocycles. The van der Waals surface area contributed by atoms with Crippen LogP contribution in [-0.2, 0) is 38.0 Å². The van der Waals surface area contributed by atoms with Crippen molar-refractivity contribution in [3.05, 3.63) is 24.3 Å². The van der Waals surface area contributed by atoms with Crippen molar-refractivity contribution in [3.63, 3.8) is 0 Å². The molecule has 2 fully saturated rings. The summed E-state index contributed by atoms with van der Waals surface area (Å²) in [6.07, 6.45) is 26.3. The summed E-state index contributed by atoms with van der Waals surface area (Å²) in [6.45, 7) is 2.58. The maximum Gasteiger partial charge on any atom is 0.306 e. The number of allylic oxidation sites excluding steroid dienone is 4. The van der Waals surface area contributed by atoms with Gasteiger partial charge in [-0.2, -0.15) is 0 Å². The minimum absolute atomic E-state index is 0.152. The van der Waals surface area contributed by atoms with Gasteiger partial charge in [-0.15, -0.1) is 0 Å². The molecule has 2 heterocycles. The highest BCUT2D eigenvalue weighted by Gasteiger charge is 2.47. The Bertz CT molecular complexity index is 1300. The Morgan fingerprint density at radius 2 is 0.870 bits per heavy atom. The first-order chi connectivity index (χ1) is 33.5. The first-order valence-electron chi connectivity index (χ1n) is 27.4. The Morgan fingerprint density at radius 3 is 1.38 bits per heavy atom. The summed E-state index contributed by atoms with van der Waals surface area (Å²) in [5.74, 6) is -0.931. The van der Waals surface area contributed by atoms with Gasteiger partial charge in [-0.05, 0) is 44.9 Å². The highest BCUT2D eigenvalue weighted by molar-refractivity contribution is 5.70. The Morgan fingerprint density at radius 1 is 0.464 bits per heavy atom. The number of unbranched alkanes of at least 4 members (excludes halogenated alkanes) is 25. The van der Waals surface area contributed by atoms with Gasteiger partial charge >= 0.3 is 11.9 Å². The molecular weight excluding hydrogens is 889 g/mol. The molecule has 2 aliphatic heterocycles. The molecule has 0 aromatic heterocycles. The normalized spacial score (nSPS) is 25.7. The van der Waals surface area contributed by atoms with Crippen molar-refractivity contribution < 1.29 is 73.8 Å². The minimum Gasteiger partial charge on any atom is -0.462 e. The highest BCUT2D eigenvalue weighted by Crippen LogP contribution is 2.27. The fraction of sp³-hybridized carbons (Fsp3) is 0.889. The maximum absolute atomic E-state index is 13.0. The quantitative estimate of drug-likeness (QED) is 0.0173. The summed E-state index contributed by atoms with van der Waals surface area (Å²) < 4.78 is 33.6. The second-order valence-electron chi connectivity index (χ2n) is 19.4. The lowest BCUT2D eigenvalue weighted by Crippen LogP contribution is -2.61. The van der Waals surface area contributed by atoms with Crippen molar-refractivity contribution in [2.45, 2.75) is 280 Å². The average molecular weight is 987 g/mol. The number of hydrogen-bond acceptors (Lipinski definition) is 15. The van der Waals surface area contributed by atoms with Crippen LogP contribution in [0.25, 0.3) is 0 Å². The molecule has 0 bridgehead atoms. The van der Waals surface area contributed by atoms with E-state index in [-0.39, 0.29) is 26.1 Å². The van der Waals surface area contributed by atoms with E-state index in [4.69, 9.17) is 28.4 Å². The van der Waals surface area contributed by atoms with Gasteiger partial charge in [0.05, 0.1) is 19.8 Å². The molecule has 15 nitrogen and oxygen atoms in total. The molecule has 0 aromatic rings. The van der Waals surface area contributed by atoms with Crippen molar-refractivity contribution in [2.75, 3.05) is 26.4 Å². The summed E-state index contributed by atoms with van der Waals surface area (Å²) in [7, 11) is 0. The number of hydrogen-bond donors (Lipinski definition) is 7. The number of esters is 2. The third-order valence-electron chi connectivity index (χ3n) is 13.2. The van der Waals surface area contributed by atoms with E-state index in [1.165, 1.54) is 109 Å². The van der Waals surface area contributed by atoms with Crippen molar-refractivity contribution in [2.24, 2.45) is 0 Å². The zero-order chi connectivity index (χ0) is 50.3. The second-order valence-corrected chi connectivity index (χ2v) is 19.4. The lowest BCUT2D eigenvalue weighted by atomic mass is 9.98. The molecule has 11 unspecified atom stereocenters. The summed E-state index contributed by atoms with van der Waals surface area (Å²) >= 11 is 0.